The lowest BCUT2D eigenvalue weighted by molar-refractivity contribution is 0.0600. The second-order valence-corrected chi connectivity index (χ2v) is 3.86. The molecule has 6 heteroatoms. The quantitative estimate of drug-likeness (QED) is 0.649. The van der Waals surface area contributed by atoms with Crippen molar-refractivity contribution in [3.05, 3.63) is 48.3 Å². The van der Waals surface area contributed by atoms with Gasteiger partial charge >= 0.3 is 5.97 Å². The van der Waals surface area contributed by atoms with E-state index in [2.05, 4.69) is 19.8 Å². The van der Waals surface area contributed by atoms with E-state index in [1.165, 1.54) is 11.6 Å². The third-order valence-electron chi connectivity index (χ3n) is 2.65. The SMILES string of the molecule is COC(=O)c1ccc2nc(-c3ccccn3)nn2c1. The highest BCUT2D eigenvalue weighted by molar-refractivity contribution is 5.89. The molecule has 0 saturated heterocycles. The van der Waals surface area contributed by atoms with Crippen molar-refractivity contribution in [1.29, 1.82) is 0 Å². The lowest BCUT2D eigenvalue weighted by atomic mass is 10.3. The van der Waals surface area contributed by atoms with Gasteiger partial charge in [-0.15, -0.1) is 5.10 Å². The van der Waals surface area contributed by atoms with Gasteiger partial charge in [0.15, 0.2) is 5.65 Å². The number of aromatic nitrogens is 4. The molecular formula is C13H10N4O2. The maximum atomic E-state index is 11.4. The molecule has 0 saturated carbocycles. The molecule has 3 aromatic heterocycles. The number of esters is 1. The Hall–Kier alpha value is -2.76. The molecule has 94 valence electrons. The van der Waals surface area contributed by atoms with Gasteiger partial charge in [-0.25, -0.2) is 14.3 Å². The molecule has 0 aliphatic carbocycles. The van der Waals surface area contributed by atoms with Crippen LogP contribution in [0.2, 0.25) is 0 Å². The lowest BCUT2D eigenvalue weighted by Crippen LogP contribution is -2.03. The summed E-state index contributed by atoms with van der Waals surface area (Å²) in [7, 11) is 1.34. The van der Waals surface area contributed by atoms with E-state index >= 15 is 0 Å². The molecular weight excluding hydrogens is 244 g/mol. The molecule has 6 nitrogen and oxygen atoms in total. The molecule has 0 radical (unpaired) electrons. The first-order chi connectivity index (χ1) is 9.28. The maximum Gasteiger partial charge on any atom is 0.339 e. The number of rotatable bonds is 2. The number of nitrogens with zero attached hydrogens (tertiary/aromatic N) is 4. The van der Waals surface area contributed by atoms with E-state index in [-0.39, 0.29) is 0 Å². The van der Waals surface area contributed by atoms with Gasteiger partial charge in [0, 0.05) is 12.4 Å². The fourth-order valence-corrected chi connectivity index (χ4v) is 1.73. The fourth-order valence-electron chi connectivity index (χ4n) is 1.73. The van der Waals surface area contributed by atoms with Crippen molar-refractivity contribution in [2.75, 3.05) is 7.11 Å². The number of hydrogen-bond donors (Lipinski definition) is 0. The first-order valence-corrected chi connectivity index (χ1v) is 5.64. The lowest BCUT2D eigenvalue weighted by Gasteiger charge is -1.98. The van der Waals surface area contributed by atoms with E-state index in [1.54, 1.807) is 24.5 Å². The molecule has 3 rings (SSSR count). The van der Waals surface area contributed by atoms with E-state index in [1.807, 2.05) is 18.2 Å². The molecule has 19 heavy (non-hydrogen) atoms. The van der Waals surface area contributed by atoms with Gasteiger partial charge in [-0.2, -0.15) is 0 Å². The van der Waals surface area contributed by atoms with Crippen molar-refractivity contribution in [2.45, 2.75) is 0 Å². The zero-order valence-corrected chi connectivity index (χ0v) is 10.1. The van der Waals surface area contributed by atoms with E-state index in [4.69, 9.17) is 0 Å². The zero-order valence-electron chi connectivity index (χ0n) is 10.1. The summed E-state index contributed by atoms with van der Waals surface area (Å²) in [5.41, 5.74) is 1.76. The first-order valence-electron chi connectivity index (χ1n) is 5.64. The first kappa shape index (κ1) is 11.3. The van der Waals surface area contributed by atoms with Crippen molar-refractivity contribution in [3.8, 4) is 11.5 Å². The van der Waals surface area contributed by atoms with Gasteiger partial charge in [0.25, 0.3) is 0 Å². The van der Waals surface area contributed by atoms with E-state index in [0.717, 1.165) is 0 Å². The summed E-state index contributed by atoms with van der Waals surface area (Å²) in [5, 5.41) is 4.30. The van der Waals surface area contributed by atoms with Crippen molar-refractivity contribution in [2.24, 2.45) is 0 Å². The number of fused-ring (bicyclic) bond motifs is 1. The Bertz CT molecular complexity index is 737. The molecule has 0 spiro atoms. The summed E-state index contributed by atoms with van der Waals surface area (Å²) in [4.78, 5) is 20.0. The van der Waals surface area contributed by atoms with Crippen LogP contribution >= 0.6 is 0 Å². The van der Waals surface area contributed by atoms with Crippen molar-refractivity contribution in [3.63, 3.8) is 0 Å². The average Bonchev–Trinajstić information content (AvgIpc) is 2.90. The van der Waals surface area contributed by atoms with Crippen molar-refractivity contribution in [1.82, 2.24) is 19.6 Å². The molecule has 0 amide bonds. The van der Waals surface area contributed by atoms with Gasteiger partial charge in [0.2, 0.25) is 5.82 Å². The molecule has 3 aromatic rings. The van der Waals surface area contributed by atoms with E-state index in [0.29, 0.717) is 22.7 Å². The standard InChI is InChI=1S/C13H10N4O2/c1-19-13(18)9-5-6-11-15-12(16-17(11)8-9)10-4-2-3-7-14-10/h2-8H,1H3. The summed E-state index contributed by atoms with van der Waals surface area (Å²) in [6.45, 7) is 0. The largest absolute Gasteiger partial charge is 0.465 e. The van der Waals surface area contributed by atoms with Gasteiger partial charge in [-0.05, 0) is 24.3 Å². The molecule has 0 fully saturated rings. The highest BCUT2D eigenvalue weighted by Gasteiger charge is 2.10. The van der Waals surface area contributed by atoms with Crippen LogP contribution in [0.4, 0.5) is 0 Å². The molecule has 0 aromatic carbocycles. The Morgan fingerprint density at radius 1 is 1.26 bits per heavy atom. The minimum absolute atomic E-state index is 0.406. The third kappa shape index (κ3) is 2.03. The van der Waals surface area contributed by atoms with Gasteiger partial charge in [0.05, 0.1) is 12.7 Å². The maximum absolute atomic E-state index is 11.4. The molecule has 0 aliphatic heterocycles. The number of methoxy groups -OCH3 is 1. The Morgan fingerprint density at radius 3 is 2.89 bits per heavy atom. The van der Waals surface area contributed by atoms with Crippen molar-refractivity contribution < 1.29 is 9.53 Å². The second kappa shape index (κ2) is 4.49. The smallest absolute Gasteiger partial charge is 0.339 e. The molecule has 0 unspecified atom stereocenters. The minimum Gasteiger partial charge on any atom is -0.465 e. The van der Waals surface area contributed by atoms with Crippen LogP contribution in [-0.2, 0) is 4.74 Å². The predicted molar refractivity (Wildman–Crippen MR) is 67.6 cm³/mol. The van der Waals surface area contributed by atoms with Gasteiger partial charge in [-0.3, -0.25) is 4.98 Å². The van der Waals surface area contributed by atoms with Crippen molar-refractivity contribution >= 4 is 11.6 Å². The third-order valence-corrected chi connectivity index (χ3v) is 2.65. The van der Waals surface area contributed by atoms with Gasteiger partial charge in [0.1, 0.15) is 5.69 Å². The monoisotopic (exact) mass is 254 g/mol. The Balaban J connectivity index is 2.09. The van der Waals surface area contributed by atoms with Crippen LogP contribution in [0.25, 0.3) is 17.2 Å². The van der Waals surface area contributed by atoms with Crippen LogP contribution in [0.1, 0.15) is 10.4 Å². The number of hydrogen-bond acceptors (Lipinski definition) is 5. The molecule has 0 atom stereocenters. The van der Waals surface area contributed by atoms with E-state index < -0.39 is 5.97 Å². The normalized spacial score (nSPS) is 10.6. The number of carbonyl (C=O) groups is 1. The molecule has 3 heterocycles. The summed E-state index contributed by atoms with van der Waals surface area (Å²) < 4.78 is 6.20. The fraction of sp³-hybridized carbons (Fsp3) is 0.0769. The van der Waals surface area contributed by atoms with Crippen LogP contribution in [0.15, 0.2) is 42.7 Å². The van der Waals surface area contributed by atoms with Crippen LogP contribution in [0.5, 0.6) is 0 Å². The minimum atomic E-state index is -0.406. The highest BCUT2D eigenvalue weighted by atomic mass is 16.5. The Labute approximate surface area is 108 Å². The van der Waals surface area contributed by atoms with E-state index in [9.17, 15) is 4.79 Å². The zero-order chi connectivity index (χ0) is 13.2. The second-order valence-electron chi connectivity index (χ2n) is 3.86. The van der Waals surface area contributed by atoms with Crippen LogP contribution in [0.3, 0.4) is 0 Å². The predicted octanol–water partition coefficient (Wildman–Crippen LogP) is 1.58. The summed E-state index contributed by atoms with van der Waals surface area (Å²) in [6, 6.07) is 8.89. The summed E-state index contributed by atoms with van der Waals surface area (Å²) >= 11 is 0. The van der Waals surface area contributed by atoms with Crippen LogP contribution in [0, 0.1) is 0 Å². The molecule has 0 bridgehead atoms. The van der Waals surface area contributed by atoms with Crippen LogP contribution in [-0.4, -0.2) is 32.7 Å². The average molecular weight is 254 g/mol. The summed E-state index contributed by atoms with van der Waals surface area (Å²) in [5.74, 6) is 0.111. The Kier molecular flexibility index (Phi) is 2.68. The molecule has 0 N–H and O–H groups in total. The topological polar surface area (TPSA) is 69.4 Å². The number of ether oxygens (including phenoxy) is 1. The van der Waals surface area contributed by atoms with Crippen LogP contribution < -0.4 is 0 Å². The molecule has 0 aliphatic rings. The summed E-state index contributed by atoms with van der Waals surface area (Å²) in [6.07, 6.45) is 3.27. The van der Waals surface area contributed by atoms with Gasteiger partial charge in [-0.1, -0.05) is 6.07 Å². The number of pyridine rings is 2. The number of carbonyl (C=O) groups excluding carboxylic acids is 1. The Morgan fingerprint density at radius 2 is 2.16 bits per heavy atom. The highest BCUT2D eigenvalue weighted by Crippen LogP contribution is 2.13. The van der Waals surface area contributed by atoms with Gasteiger partial charge < -0.3 is 4.74 Å².